The zero-order chi connectivity index (χ0) is 30.0. The SMILES string of the molecule is CCCNC(=O)[C@@H](CC)N(Cc1ccc(C)cc1)C(=O)CN(c1ccccc1OCC)S(=O)(=O)c1ccc(C)cc1. The Morgan fingerprint density at radius 2 is 1.49 bits per heavy atom. The molecule has 220 valence electrons. The average molecular weight is 580 g/mol. The van der Waals surface area contributed by atoms with Crippen LogP contribution in [-0.2, 0) is 26.2 Å². The maximum Gasteiger partial charge on any atom is 0.264 e. The van der Waals surface area contributed by atoms with E-state index in [9.17, 15) is 18.0 Å². The molecule has 0 aliphatic rings. The molecule has 8 nitrogen and oxygen atoms in total. The summed E-state index contributed by atoms with van der Waals surface area (Å²) in [6.07, 6.45) is 1.12. The van der Waals surface area contributed by atoms with Crippen molar-refractivity contribution in [1.29, 1.82) is 0 Å². The molecule has 0 unspecified atom stereocenters. The number of hydrogen-bond donors (Lipinski definition) is 1. The maximum atomic E-state index is 14.2. The Labute approximate surface area is 244 Å². The molecule has 0 aliphatic heterocycles. The van der Waals surface area contributed by atoms with Gasteiger partial charge in [-0.3, -0.25) is 13.9 Å². The molecule has 9 heteroatoms. The summed E-state index contributed by atoms with van der Waals surface area (Å²) >= 11 is 0. The van der Waals surface area contributed by atoms with Gasteiger partial charge in [0.25, 0.3) is 10.0 Å². The number of carbonyl (C=O) groups excluding carboxylic acids is 2. The van der Waals surface area contributed by atoms with Gasteiger partial charge in [0.2, 0.25) is 11.8 Å². The predicted molar refractivity (Wildman–Crippen MR) is 162 cm³/mol. The Bertz CT molecular complexity index is 1410. The first kappa shape index (κ1) is 31.7. The van der Waals surface area contributed by atoms with Crippen LogP contribution < -0.4 is 14.4 Å². The van der Waals surface area contributed by atoms with Gasteiger partial charge in [-0.15, -0.1) is 0 Å². The zero-order valence-electron chi connectivity index (χ0n) is 24.6. The third-order valence-electron chi connectivity index (χ3n) is 6.73. The van der Waals surface area contributed by atoms with Gasteiger partial charge in [0.05, 0.1) is 17.2 Å². The first-order valence-electron chi connectivity index (χ1n) is 14.1. The number of sulfonamides is 1. The molecule has 1 N–H and O–H groups in total. The van der Waals surface area contributed by atoms with Crippen LogP contribution in [0.1, 0.15) is 50.3 Å². The van der Waals surface area contributed by atoms with Crippen molar-refractivity contribution in [1.82, 2.24) is 10.2 Å². The second-order valence-electron chi connectivity index (χ2n) is 9.95. The van der Waals surface area contributed by atoms with E-state index in [1.54, 1.807) is 36.4 Å². The van der Waals surface area contributed by atoms with Crippen molar-refractivity contribution in [2.75, 3.05) is 24.0 Å². The quantitative estimate of drug-likeness (QED) is 0.282. The van der Waals surface area contributed by atoms with Crippen LogP contribution in [0, 0.1) is 13.8 Å². The Morgan fingerprint density at radius 3 is 2.07 bits per heavy atom. The molecule has 0 aromatic heterocycles. The number of benzene rings is 3. The number of carbonyl (C=O) groups is 2. The topological polar surface area (TPSA) is 96.0 Å². The molecule has 0 radical (unpaired) electrons. The Morgan fingerprint density at radius 1 is 0.878 bits per heavy atom. The third-order valence-corrected chi connectivity index (χ3v) is 8.50. The van der Waals surface area contributed by atoms with E-state index in [-0.39, 0.29) is 23.0 Å². The van der Waals surface area contributed by atoms with Crippen LogP contribution in [0.25, 0.3) is 0 Å². The highest BCUT2D eigenvalue weighted by molar-refractivity contribution is 7.92. The summed E-state index contributed by atoms with van der Waals surface area (Å²) in [5.74, 6) is -0.417. The fourth-order valence-corrected chi connectivity index (χ4v) is 5.89. The second kappa shape index (κ2) is 14.7. The molecule has 41 heavy (non-hydrogen) atoms. The molecule has 2 amide bonds. The van der Waals surface area contributed by atoms with Gasteiger partial charge < -0.3 is 15.0 Å². The highest BCUT2D eigenvalue weighted by atomic mass is 32.2. The highest BCUT2D eigenvalue weighted by Crippen LogP contribution is 2.33. The van der Waals surface area contributed by atoms with Gasteiger partial charge >= 0.3 is 0 Å². The van der Waals surface area contributed by atoms with E-state index >= 15 is 0 Å². The lowest BCUT2D eigenvalue weighted by Gasteiger charge is -2.33. The third kappa shape index (κ3) is 8.10. The van der Waals surface area contributed by atoms with Crippen LogP contribution in [0.4, 0.5) is 5.69 Å². The average Bonchev–Trinajstić information content (AvgIpc) is 2.96. The summed E-state index contributed by atoms with van der Waals surface area (Å²) < 4.78 is 35.0. The first-order valence-corrected chi connectivity index (χ1v) is 15.5. The summed E-state index contributed by atoms with van der Waals surface area (Å²) in [5.41, 5.74) is 3.08. The molecule has 0 aliphatic carbocycles. The molecule has 0 bridgehead atoms. The number of ether oxygens (including phenoxy) is 1. The van der Waals surface area contributed by atoms with Gasteiger partial charge in [-0.1, -0.05) is 73.5 Å². The van der Waals surface area contributed by atoms with E-state index in [0.29, 0.717) is 25.3 Å². The van der Waals surface area contributed by atoms with E-state index in [0.717, 1.165) is 27.4 Å². The fourth-order valence-electron chi connectivity index (χ4n) is 4.47. The fraction of sp³-hybridized carbons (Fsp3) is 0.375. The van der Waals surface area contributed by atoms with Crippen molar-refractivity contribution in [2.24, 2.45) is 0 Å². The highest BCUT2D eigenvalue weighted by Gasteiger charge is 2.34. The van der Waals surface area contributed by atoms with Crippen molar-refractivity contribution in [3.8, 4) is 5.75 Å². The number of nitrogens with zero attached hydrogens (tertiary/aromatic N) is 2. The summed E-state index contributed by atoms with van der Waals surface area (Å²) in [7, 11) is -4.18. The minimum Gasteiger partial charge on any atom is -0.492 e. The number of anilines is 1. The van der Waals surface area contributed by atoms with E-state index < -0.39 is 28.5 Å². The smallest absolute Gasteiger partial charge is 0.264 e. The Kier molecular flexibility index (Phi) is 11.3. The molecule has 3 aromatic carbocycles. The minimum atomic E-state index is -4.18. The number of nitrogens with one attached hydrogen (secondary N) is 1. The van der Waals surface area contributed by atoms with Crippen LogP contribution in [0.15, 0.2) is 77.7 Å². The van der Waals surface area contributed by atoms with Crippen LogP contribution in [0.3, 0.4) is 0 Å². The first-order chi connectivity index (χ1) is 19.6. The van der Waals surface area contributed by atoms with Crippen molar-refractivity contribution in [3.05, 3.63) is 89.5 Å². The largest absolute Gasteiger partial charge is 0.492 e. The van der Waals surface area contributed by atoms with Gasteiger partial charge in [-0.25, -0.2) is 8.42 Å². The van der Waals surface area contributed by atoms with Crippen LogP contribution in [0.2, 0.25) is 0 Å². The van der Waals surface area contributed by atoms with Gasteiger partial charge in [-0.2, -0.15) is 0 Å². The molecular formula is C32H41N3O5S. The zero-order valence-corrected chi connectivity index (χ0v) is 25.4. The minimum absolute atomic E-state index is 0.0556. The van der Waals surface area contributed by atoms with E-state index in [4.69, 9.17) is 4.74 Å². The molecule has 1 atom stereocenters. The van der Waals surface area contributed by atoms with Gasteiger partial charge in [0.1, 0.15) is 18.3 Å². The summed E-state index contributed by atoms with van der Waals surface area (Å²) in [6, 6.07) is 20.2. The number of amides is 2. The summed E-state index contributed by atoms with van der Waals surface area (Å²) in [6.45, 7) is 9.91. The van der Waals surface area contributed by atoms with E-state index in [1.807, 2.05) is 58.9 Å². The lowest BCUT2D eigenvalue weighted by molar-refractivity contribution is -0.140. The molecule has 0 saturated heterocycles. The molecular weight excluding hydrogens is 538 g/mol. The normalized spacial score (nSPS) is 11.9. The lowest BCUT2D eigenvalue weighted by atomic mass is 10.1. The van der Waals surface area contributed by atoms with Crippen molar-refractivity contribution in [2.45, 2.75) is 64.9 Å². The van der Waals surface area contributed by atoms with E-state index in [1.165, 1.54) is 17.0 Å². The second-order valence-corrected chi connectivity index (χ2v) is 11.8. The van der Waals surface area contributed by atoms with Crippen LogP contribution >= 0.6 is 0 Å². The molecule has 3 aromatic rings. The Balaban J connectivity index is 2.09. The van der Waals surface area contributed by atoms with Crippen molar-refractivity contribution in [3.63, 3.8) is 0 Å². The number of rotatable bonds is 14. The number of aryl methyl sites for hydroxylation is 2. The predicted octanol–water partition coefficient (Wildman–Crippen LogP) is 5.23. The van der Waals surface area contributed by atoms with Crippen molar-refractivity contribution < 1.29 is 22.7 Å². The summed E-state index contributed by atoms with van der Waals surface area (Å²) in [4.78, 5) is 28.9. The van der Waals surface area contributed by atoms with Gasteiger partial charge in [0.15, 0.2) is 0 Å². The molecule has 0 heterocycles. The molecule has 0 spiro atoms. The molecule has 0 fully saturated rings. The van der Waals surface area contributed by atoms with Gasteiger partial charge in [0, 0.05) is 13.1 Å². The standard InChI is InChI=1S/C32H41N3O5S/c1-6-21-33-32(37)28(7-2)34(22-26-17-13-24(4)14-18-26)31(36)23-35(29-11-9-10-12-30(29)40-8-3)41(38,39)27-19-15-25(5)16-20-27/h9-20,28H,6-8,21-23H2,1-5H3,(H,33,37)/t28-/m1/s1. The molecule has 0 saturated carbocycles. The van der Waals surface area contributed by atoms with Gasteiger partial charge in [-0.05, 0) is 63.4 Å². The number of hydrogen-bond acceptors (Lipinski definition) is 5. The van der Waals surface area contributed by atoms with Crippen LogP contribution in [0.5, 0.6) is 5.75 Å². The Hall–Kier alpha value is -3.85. The maximum absolute atomic E-state index is 14.2. The van der Waals surface area contributed by atoms with E-state index in [2.05, 4.69) is 5.32 Å². The van der Waals surface area contributed by atoms with Crippen LogP contribution in [-0.4, -0.2) is 50.9 Å². The van der Waals surface area contributed by atoms with Crippen molar-refractivity contribution >= 4 is 27.5 Å². The number of para-hydroxylation sites is 2. The monoisotopic (exact) mass is 579 g/mol. The molecule has 3 rings (SSSR count). The lowest BCUT2D eigenvalue weighted by Crippen LogP contribution is -2.52. The summed E-state index contributed by atoms with van der Waals surface area (Å²) in [5, 5.41) is 2.90.